The summed E-state index contributed by atoms with van der Waals surface area (Å²) < 4.78 is 5.31. The van der Waals surface area contributed by atoms with Gasteiger partial charge in [-0.15, -0.1) is 0 Å². The van der Waals surface area contributed by atoms with Crippen LogP contribution in [0, 0.1) is 5.92 Å². The van der Waals surface area contributed by atoms with Crippen LogP contribution in [0.1, 0.15) is 45.3 Å². The van der Waals surface area contributed by atoms with Gasteiger partial charge in [0.15, 0.2) is 0 Å². The molecule has 0 heterocycles. The quantitative estimate of drug-likeness (QED) is 0.905. The zero-order chi connectivity index (χ0) is 15.5. The van der Waals surface area contributed by atoms with Crippen LogP contribution in [-0.2, 0) is 4.74 Å². The smallest absolute Gasteiger partial charge is 0.410 e. The largest absolute Gasteiger partial charge is 0.446 e. The molecule has 116 valence electrons. The van der Waals surface area contributed by atoms with Crippen LogP contribution in [0.4, 0.5) is 4.79 Å². The van der Waals surface area contributed by atoms with E-state index in [4.69, 9.17) is 4.74 Å². The Kier molecular flexibility index (Phi) is 4.88. The van der Waals surface area contributed by atoms with E-state index in [0.29, 0.717) is 5.92 Å². The Hall–Kier alpha value is -1.55. The third kappa shape index (κ3) is 4.74. The zero-order valence-corrected chi connectivity index (χ0v) is 13.1. The minimum atomic E-state index is -0.780. The van der Waals surface area contributed by atoms with Gasteiger partial charge in [-0.3, -0.25) is 0 Å². The van der Waals surface area contributed by atoms with E-state index >= 15 is 0 Å². The predicted octanol–water partition coefficient (Wildman–Crippen LogP) is 3.37. The van der Waals surface area contributed by atoms with Crippen molar-refractivity contribution in [1.29, 1.82) is 0 Å². The molecule has 1 fully saturated rings. The summed E-state index contributed by atoms with van der Waals surface area (Å²) in [5.41, 5.74) is 0.493. The van der Waals surface area contributed by atoms with E-state index in [2.05, 4.69) is 0 Å². The van der Waals surface area contributed by atoms with Gasteiger partial charge in [-0.25, -0.2) is 4.79 Å². The molecule has 2 rings (SSSR count). The lowest BCUT2D eigenvalue weighted by Gasteiger charge is -2.35. The molecule has 4 nitrogen and oxygen atoms in total. The van der Waals surface area contributed by atoms with E-state index in [0.717, 1.165) is 12.1 Å². The first-order valence-corrected chi connectivity index (χ1v) is 7.55. The maximum atomic E-state index is 12.3. The molecule has 0 radical (unpaired) electrons. The van der Waals surface area contributed by atoms with Gasteiger partial charge >= 0.3 is 6.09 Å². The highest BCUT2D eigenvalue weighted by Gasteiger charge is 2.34. The summed E-state index contributed by atoms with van der Waals surface area (Å²) in [6.45, 7) is 6.74. The fourth-order valence-electron chi connectivity index (χ4n) is 2.18. The number of aliphatic hydroxyl groups is 1. The number of hydrogen-bond acceptors (Lipinski definition) is 3. The minimum Gasteiger partial charge on any atom is -0.446 e. The van der Waals surface area contributed by atoms with Gasteiger partial charge in [0.1, 0.15) is 12.7 Å². The second-order valence-electron chi connectivity index (χ2n) is 6.73. The second-order valence-corrected chi connectivity index (χ2v) is 6.73. The molecular formula is C17H25NO3. The molecule has 0 unspecified atom stereocenters. The molecule has 1 aromatic rings. The maximum absolute atomic E-state index is 12.3. The van der Waals surface area contributed by atoms with Crippen molar-refractivity contribution in [1.82, 2.24) is 4.90 Å². The SMILES string of the molecule is CC(C)(C)N(CC1CC1)C(=O)OC[C@@H](O)c1ccccc1. The van der Waals surface area contributed by atoms with Gasteiger partial charge in [-0.05, 0) is 45.1 Å². The van der Waals surface area contributed by atoms with E-state index in [-0.39, 0.29) is 18.2 Å². The Bertz CT molecular complexity index is 463. The molecule has 4 heteroatoms. The third-order valence-corrected chi connectivity index (χ3v) is 3.72. The van der Waals surface area contributed by atoms with Crippen LogP contribution in [0.25, 0.3) is 0 Å². The Morgan fingerprint density at radius 1 is 1.33 bits per heavy atom. The average Bonchev–Trinajstić information content (AvgIpc) is 3.25. The van der Waals surface area contributed by atoms with Gasteiger partial charge in [-0.2, -0.15) is 0 Å². The average molecular weight is 291 g/mol. The number of ether oxygens (including phenoxy) is 1. The van der Waals surface area contributed by atoms with E-state index in [1.165, 1.54) is 12.8 Å². The van der Waals surface area contributed by atoms with Crippen molar-refractivity contribution < 1.29 is 14.6 Å². The summed E-state index contributed by atoms with van der Waals surface area (Å²) in [5.74, 6) is 0.607. The Morgan fingerprint density at radius 2 is 1.95 bits per heavy atom. The first kappa shape index (κ1) is 15.8. The number of carbonyl (C=O) groups is 1. The van der Waals surface area contributed by atoms with Gasteiger partial charge in [0.05, 0.1) is 0 Å². The fraction of sp³-hybridized carbons (Fsp3) is 0.588. The van der Waals surface area contributed by atoms with Crippen molar-refractivity contribution in [2.45, 2.75) is 45.3 Å². The molecule has 0 spiro atoms. The Labute approximate surface area is 126 Å². The molecule has 1 N–H and O–H groups in total. The summed E-state index contributed by atoms with van der Waals surface area (Å²) in [6.07, 6.45) is 1.25. The van der Waals surface area contributed by atoms with E-state index in [1.54, 1.807) is 4.90 Å². The molecule has 1 aliphatic rings. The molecular weight excluding hydrogens is 266 g/mol. The third-order valence-electron chi connectivity index (χ3n) is 3.72. The number of nitrogens with zero attached hydrogens (tertiary/aromatic N) is 1. The monoisotopic (exact) mass is 291 g/mol. The Morgan fingerprint density at radius 3 is 2.48 bits per heavy atom. The highest BCUT2D eigenvalue weighted by Crippen LogP contribution is 2.32. The van der Waals surface area contributed by atoms with Crippen molar-refractivity contribution >= 4 is 6.09 Å². The number of amides is 1. The highest BCUT2D eigenvalue weighted by atomic mass is 16.6. The fourth-order valence-corrected chi connectivity index (χ4v) is 2.18. The van der Waals surface area contributed by atoms with E-state index in [9.17, 15) is 9.90 Å². The molecule has 1 atom stereocenters. The van der Waals surface area contributed by atoms with Crippen molar-refractivity contribution in [2.24, 2.45) is 5.92 Å². The number of rotatable bonds is 5. The molecule has 1 amide bonds. The van der Waals surface area contributed by atoms with Crippen molar-refractivity contribution in [3.05, 3.63) is 35.9 Å². The lowest BCUT2D eigenvalue weighted by Crippen LogP contribution is -2.47. The number of carbonyl (C=O) groups excluding carboxylic acids is 1. The van der Waals surface area contributed by atoms with Crippen molar-refractivity contribution in [3.8, 4) is 0 Å². The van der Waals surface area contributed by atoms with Crippen LogP contribution in [0.5, 0.6) is 0 Å². The lowest BCUT2D eigenvalue weighted by atomic mass is 10.1. The van der Waals surface area contributed by atoms with Crippen LogP contribution < -0.4 is 0 Å². The number of hydrogen-bond donors (Lipinski definition) is 1. The van der Waals surface area contributed by atoms with E-state index < -0.39 is 6.10 Å². The summed E-state index contributed by atoms with van der Waals surface area (Å²) in [5, 5.41) is 10.1. The second kappa shape index (κ2) is 6.48. The van der Waals surface area contributed by atoms with Gasteiger partial charge in [0.2, 0.25) is 0 Å². The molecule has 1 saturated carbocycles. The topological polar surface area (TPSA) is 49.8 Å². The lowest BCUT2D eigenvalue weighted by molar-refractivity contribution is 0.0281. The first-order valence-electron chi connectivity index (χ1n) is 7.55. The summed E-state index contributed by atoms with van der Waals surface area (Å²) in [7, 11) is 0. The predicted molar refractivity (Wildman–Crippen MR) is 81.9 cm³/mol. The normalized spacial score (nSPS) is 16.4. The molecule has 0 saturated heterocycles. The summed E-state index contributed by atoms with van der Waals surface area (Å²) in [6, 6.07) is 9.25. The number of aliphatic hydroxyl groups excluding tert-OH is 1. The molecule has 1 aliphatic carbocycles. The summed E-state index contributed by atoms with van der Waals surface area (Å²) >= 11 is 0. The van der Waals surface area contributed by atoms with Gasteiger partial charge in [0, 0.05) is 12.1 Å². The molecule has 0 aliphatic heterocycles. The molecule has 21 heavy (non-hydrogen) atoms. The van der Waals surface area contributed by atoms with Gasteiger partial charge in [-0.1, -0.05) is 30.3 Å². The van der Waals surface area contributed by atoms with Gasteiger partial charge < -0.3 is 14.7 Å². The van der Waals surface area contributed by atoms with Crippen LogP contribution in [-0.4, -0.2) is 34.8 Å². The summed E-state index contributed by atoms with van der Waals surface area (Å²) in [4.78, 5) is 14.0. The molecule has 1 aromatic carbocycles. The van der Waals surface area contributed by atoms with Crippen molar-refractivity contribution in [3.63, 3.8) is 0 Å². The zero-order valence-electron chi connectivity index (χ0n) is 13.1. The van der Waals surface area contributed by atoms with E-state index in [1.807, 2.05) is 51.1 Å². The number of benzene rings is 1. The molecule has 0 aromatic heterocycles. The first-order chi connectivity index (χ1) is 9.88. The minimum absolute atomic E-state index is 0.0138. The maximum Gasteiger partial charge on any atom is 0.410 e. The van der Waals surface area contributed by atoms with Crippen LogP contribution in [0.2, 0.25) is 0 Å². The van der Waals surface area contributed by atoms with Crippen molar-refractivity contribution in [2.75, 3.05) is 13.2 Å². The highest BCUT2D eigenvalue weighted by molar-refractivity contribution is 5.68. The van der Waals surface area contributed by atoms with Crippen LogP contribution in [0.15, 0.2) is 30.3 Å². The molecule has 0 bridgehead atoms. The van der Waals surface area contributed by atoms with Crippen LogP contribution >= 0.6 is 0 Å². The van der Waals surface area contributed by atoms with Crippen LogP contribution in [0.3, 0.4) is 0 Å². The Balaban J connectivity index is 1.89. The van der Waals surface area contributed by atoms with Gasteiger partial charge in [0.25, 0.3) is 0 Å². The standard InChI is InChI=1S/C17H25NO3/c1-17(2,3)18(11-13-9-10-13)16(20)21-12-15(19)14-7-5-4-6-8-14/h4-8,13,15,19H,9-12H2,1-3H3/t15-/m1/s1.